The van der Waals surface area contributed by atoms with E-state index in [1.165, 1.54) is 23.1 Å². The van der Waals surface area contributed by atoms with Crippen LogP contribution in [-0.4, -0.2) is 23.2 Å². The van der Waals surface area contributed by atoms with Crippen LogP contribution in [0, 0.1) is 16.0 Å². The lowest BCUT2D eigenvalue weighted by Crippen LogP contribution is -2.34. The molecule has 1 amide bonds. The van der Waals surface area contributed by atoms with Gasteiger partial charge >= 0.3 is 0 Å². The number of hydrogen-bond acceptors (Lipinski definition) is 4. The van der Waals surface area contributed by atoms with Crippen molar-refractivity contribution >= 4 is 23.1 Å². The number of nitrogens with zero attached hydrogens (tertiary/aromatic N) is 2. The van der Waals surface area contributed by atoms with Crippen LogP contribution in [0.5, 0.6) is 0 Å². The Morgan fingerprint density at radius 2 is 2.16 bits per heavy atom. The highest BCUT2D eigenvalue weighted by molar-refractivity contribution is 6.05. The van der Waals surface area contributed by atoms with Gasteiger partial charge in [-0.15, -0.1) is 0 Å². The number of amides is 1. The fraction of sp³-hybridized carbons (Fsp3) is 0.385. The molecule has 1 aromatic carbocycles. The molecule has 1 heterocycles. The van der Waals surface area contributed by atoms with Crippen LogP contribution < -0.4 is 4.90 Å². The molecule has 0 aromatic heterocycles. The first kappa shape index (κ1) is 13.2. The predicted octanol–water partition coefficient (Wildman–Crippen LogP) is 1.71. The van der Waals surface area contributed by atoms with Crippen LogP contribution >= 0.6 is 0 Å². The topological polar surface area (TPSA) is 80.5 Å². The van der Waals surface area contributed by atoms with Crippen molar-refractivity contribution in [3.8, 4) is 0 Å². The van der Waals surface area contributed by atoms with E-state index in [1.807, 2.05) is 0 Å². The second kappa shape index (κ2) is 4.79. The van der Waals surface area contributed by atoms with Gasteiger partial charge in [-0.3, -0.25) is 19.7 Å². The summed E-state index contributed by atoms with van der Waals surface area (Å²) in [5, 5.41) is 10.7. The standard InChI is InChI=1S/C13H14N2O4/c1-8(2)12(16)7-14-11-4-3-10(15(18)19)5-9(11)6-13(14)17/h3-5,8H,6-7H2,1-2H3. The van der Waals surface area contributed by atoms with E-state index in [-0.39, 0.29) is 36.3 Å². The van der Waals surface area contributed by atoms with Crippen LogP contribution in [0.2, 0.25) is 0 Å². The molecular formula is C13H14N2O4. The maximum absolute atomic E-state index is 11.9. The molecule has 0 saturated carbocycles. The summed E-state index contributed by atoms with van der Waals surface area (Å²) >= 11 is 0. The normalized spacial score (nSPS) is 13.8. The zero-order valence-corrected chi connectivity index (χ0v) is 10.8. The third kappa shape index (κ3) is 2.47. The number of fused-ring (bicyclic) bond motifs is 1. The van der Waals surface area contributed by atoms with E-state index >= 15 is 0 Å². The molecule has 0 N–H and O–H groups in total. The van der Waals surface area contributed by atoms with Crippen molar-refractivity contribution in [2.75, 3.05) is 11.4 Å². The van der Waals surface area contributed by atoms with Crippen molar-refractivity contribution in [1.29, 1.82) is 0 Å². The predicted molar refractivity (Wildman–Crippen MR) is 69.0 cm³/mol. The second-order valence-corrected chi connectivity index (χ2v) is 4.85. The summed E-state index contributed by atoms with van der Waals surface area (Å²) in [6.45, 7) is 3.58. The summed E-state index contributed by atoms with van der Waals surface area (Å²) in [5.41, 5.74) is 1.17. The molecule has 19 heavy (non-hydrogen) atoms. The number of non-ortho nitro benzene ring substituents is 1. The number of benzene rings is 1. The van der Waals surface area contributed by atoms with Crippen LogP contribution in [0.4, 0.5) is 11.4 Å². The van der Waals surface area contributed by atoms with E-state index in [4.69, 9.17) is 0 Å². The summed E-state index contributed by atoms with van der Waals surface area (Å²) in [5.74, 6) is -0.362. The number of ketones is 1. The molecular weight excluding hydrogens is 248 g/mol. The number of anilines is 1. The summed E-state index contributed by atoms with van der Waals surface area (Å²) in [6, 6.07) is 4.28. The van der Waals surface area contributed by atoms with Gasteiger partial charge in [-0.1, -0.05) is 13.8 Å². The third-order valence-electron chi connectivity index (χ3n) is 3.17. The highest BCUT2D eigenvalue weighted by Gasteiger charge is 2.30. The zero-order valence-electron chi connectivity index (χ0n) is 10.8. The van der Waals surface area contributed by atoms with Gasteiger partial charge in [0.25, 0.3) is 5.69 Å². The SMILES string of the molecule is CC(C)C(=O)CN1C(=O)Cc2cc([N+](=O)[O-])ccc21. The van der Waals surface area contributed by atoms with Gasteiger partial charge in [0.05, 0.1) is 17.9 Å². The van der Waals surface area contributed by atoms with Gasteiger partial charge in [0.15, 0.2) is 5.78 Å². The Bertz CT molecular complexity index is 566. The van der Waals surface area contributed by atoms with E-state index < -0.39 is 4.92 Å². The largest absolute Gasteiger partial charge is 0.304 e. The molecule has 0 radical (unpaired) electrons. The lowest BCUT2D eigenvalue weighted by atomic mass is 10.1. The minimum absolute atomic E-state index is 0.0282. The van der Waals surface area contributed by atoms with Crippen LogP contribution in [0.15, 0.2) is 18.2 Å². The molecule has 0 atom stereocenters. The minimum atomic E-state index is -0.493. The maximum Gasteiger partial charge on any atom is 0.269 e. The average Bonchev–Trinajstić information content (AvgIpc) is 2.64. The molecule has 1 aliphatic heterocycles. The highest BCUT2D eigenvalue weighted by atomic mass is 16.6. The molecule has 6 heteroatoms. The number of nitro groups is 1. The molecule has 0 fully saturated rings. The Morgan fingerprint density at radius 3 is 2.74 bits per heavy atom. The molecule has 1 aliphatic rings. The van der Waals surface area contributed by atoms with Gasteiger partial charge < -0.3 is 4.90 Å². The molecule has 0 spiro atoms. The molecule has 2 rings (SSSR count). The molecule has 1 aromatic rings. The van der Waals surface area contributed by atoms with Crippen molar-refractivity contribution in [1.82, 2.24) is 0 Å². The van der Waals surface area contributed by atoms with Gasteiger partial charge in [-0.05, 0) is 11.6 Å². The summed E-state index contributed by atoms with van der Waals surface area (Å²) in [7, 11) is 0. The Hall–Kier alpha value is -2.24. The Kier molecular flexibility index (Phi) is 3.33. The van der Waals surface area contributed by atoms with Gasteiger partial charge in [0.1, 0.15) is 0 Å². The van der Waals surface area contributed by atoms with Crippen LogP contribution in [0.1, 0.15) is 19.4 Å². The number of rotatable bonds is 4. The van der Waals surface area contributed by atoms with E-state index in [0.29, 0.717) is 11.3 Å². The van der Waals surface area contributed by atoms with E-state index in [0.717, 1.165) is 0 Å². The second-order valence-electron chi connectivity index (χ2n) is 4.85. The van der Waals surface area contributed by atoms with Gasteiger partial charge in [0.2, 0.25) is 5.91 Å². The summed E-state index contributed by atoms with van der Waals surface area (Å²) in [4.78, 5) is 35.2. The van der Waals surface area contributed by atoms with Gasteiger partial charge in [-0.2, -0.15) is 0 Å². The third-order valence-corrected chi connectivity index (χ3v) is 3.17. The fourth-order valence-electron chi connectivity index (χ4n) is 1.99. The minimum Gasteiger partial charge on any atom is -0.304 e. The lowest BCUT2D eigenvalue weighted by molar-refractivity contribution is -0.384. The molecule has 0 aliphatic carbocycles. The summed E-state index contributed by atoms with van der Waals surface area (Å²) in [6.07, 6.45) is 0.113. The van der Waals surface area contributed by atoms with Crippen LogP contribution in [0.3, 0.4) is 0 Å². The highest BCUT2D eigenvalue weighted by Crippen LogP contribution is 2.31. The van der Waals surface area contributed by atoms with Crippen molar-refractivity contribution in [3.05, 3.63) is 33.9 Å². The first-order chi connectivity index (χ1) is 8.90. The van der Waals surface area contributed by atoms with E-state index in [1.54, 1.807) is 13.8 Å². The maximum atomic E-state index is 11.9. The lowest BCUT2D eigenvalue weighted by Gasteiger charge is -2.17. The zero-order chi connectivity index (χ0) is 14.2. The molecule has 6 nitrogen and oxygen atoms in total. The van der Waals surface area contributed by atoms with Crippen LogP contribution in [-0.2, 0) is 16.0 Å². The molecule has 0 unspecified atom stereocenters. The van der Waals surface area contributed by atoms with E-state index in [2.05, 4.69) is 0 Å². The Balaban J connectivity index is 2.29. The van der Waals surface area contributed by atoms with Crippen molar-refractivity contribution in [3.63, 3.8) is 0 Å². The van der Waals surface area contributed by atoms with E-state index in [9.17, 15) is 19.7 Å². The van der Waals surface area contributed by atoms with Gasteiger partial charge in [-0.25, -0.2) is 0 Å². The molecule has 0 saturated heterocycles. The smallest absolute Gasteiger partial charge is 0.269 e. The van der Waals surface area contributed by atoms with Crippen molar-refractivity contribution in [2.24, 2.45) is 5.92 Å². The first-order valence-electron chi connectivity index (χ1n) is 6.00. The number of nitro benzene ring substituents is 1. The Labute approximate surface area is 110 Å². The number of hydrogen-bond donors (Lipinski definition) is 0. The fourth-order valence-corrected chi connectivity index (χ4v) is 1.99. The number of carbonyl (C=O) groups is 2. The Morgan fingerprint density at radius 1 is 1.47 bits per heavy atom. The quantitative estimate of drug-likeness (QED) is 0.611. The average molecular weight is 262 g/mol. The number of carbonyl (C=O) groups excluding carboxylic acids is 2. The number of Topliss-reactive ketones (excluding diaryl/α,β-unsaturated/α-hetero) is 1. The first-order valence-corrected chi connectivity index (χ1v) is 6.00. The summed E-state index contributed by atoms with van der Waals surface area (Å²) < 4.78 is 0. The monoisotopic (exact) mass is 262 g/mol. The van der Waals surface area contributed by atoms with Crippen molar-refractivity contribution in [2.45, 2.75) is 20.3 Å². The van der Waals surface area contributed by atoms with Gasteiger partial charge in [0, 0.05) is 23.7 Å². The molecule has 0 bridgehead atoms. The molecule has 100 valence electrons. The van der Waals surface area contributed by atoms with Crippen molar-refractivity contribution < 1.29 is 14.5 Å². The van der Waals surface area contributed by atoms with Crippen LogP contribution in [0.25, 0.3) is 0 Å².